The van der Waals surface area contributed by atoms with Crippen molar-refractivity contribution < 1.29 is 22.3 Å². The molecule has 0 radical (unpaired) electrons. The molecule has 1 atom stereocenters. The van der Waals surface area contributed by atoms with Gasteiger partial charge in [0, 0.05) is 10.9 Å². The first kappa shape index (κ1) is 18.8. The van der Waals surface area contributed by atoms with Crippen LogP contribution in [0.15, 0.2) is 35.7 Å². The molecule has 2 aromatic rings. The first-order chi connectivity index (χ1) is 12.3. The van der Waals surface area contributed by atoms with E-state index in [2.05, 4.69) is 0 Å². The molecule has 140 valence electrons. The van der Waals surface area contributed by atoms with Gasteiger partial charge in [-0.1, -0.05) is 0 Å². The van der Waals surface area contributed by atoms with Gasteiger partial charge in [0.05, 0.1) is 18.1 Å². The van der Waals surface area contributed by atoms with E-state index in [1.165, 1.54) is 24.3 Å². The Kier molecular flexibility index (Phi) is 5.62. The van der Waals surface area contributed by atoms with Gasteiger partial charge in [0.1, 0.15) is 11.6 Å². The van der Waals surface area contributed by atoms with Crippen LogP contribution in [-0.4, -0.2) is 43.4 Å². The molecule has 0 spiro atoms. The summed E-state index contributed by atoms with van der Waals surface area (Å²) in [6.07, 6.45) is 0.440. The molecule has 0 aliphatic carbocycles. The second kappa shape index (κ2) is 7.75. The Morgan fingerprint density at radius 2 is 2.04 bits per heavy atom. The summed E-state index contributed by atoms with van der Waals surface area (Å²) in [5.41, 5.74) is 1.08. The molecule has 0 bridgehead atoms. The monoisotopic (exact) mass is 397 g/mol. The van der Waals surface area contributed by atoms with E-state index in [-0.39, 0.29) is 35.9 Å². The smallest absolute Gasteiger partial charge is 0.261 e. The third-order valence-corrected chi connectivity index (χ3v) is 7.19. The number of ether oxygens (including phenoxy) is 1. The van der Waals surface area contributed by atoms with Gasteiger partial charge in [-0.05, 0) is 54.6 Å². The number of rotatable bonds is 6. The Labute approximate surface area is 156 Å². The highest BCUT2D eigenvalue weighted by molar-refractivity contribution is 7.91. The minimum Gasteiger partial charge on any atom is -0.484 e. The van der Waals surface area contributed by atoms with E-state index in [4.69, 9.17) is 4.74 Å². The van der Waals surface area contributed by atoms with Gasteiger partial charge in [-0.15, -0.1) is 11.3 Å². The lowest BCUT2D eigenvalue weighted by Crippen LogP contribution is -2.43. The number of hydrogen-bond donors (Lipinski definition) is 0. The van der Waals surface area contributed by atoms with Gasteiger partial charge < -0.3 is 9.64 Å². The topological polar surface area (TPSA) is 63.7 Å². The van der Waals surface area contributed by atoms with E-state index in [0.29, 0.717) is 18.7 Å². The van der Waals surface area contributed by atoms with Gasteiger partial charge in [-0.2, -0.15) is 0 Å². The fourth-order valence-corrected chi connectivity index (χ4v) is 5.56. The fraction of sp³-hybridized carbons (Fsp3) is 0.389. The van der Waals surface area contributed by atoms with E-state index < -0.39 is 9.84 Å². The van der Waals surface area contributed by atoms with Crippen molar-refractivity contribution in [1.82, 2.24) is 4.90 Å². The molecule has 26 heavy (non-hydrogen) atoms. The highest BCUT2D eigenvalue weighted by atomic mass is 32.2. The number of benzene rings is 1. The Morgan fingerprint density at radius 1 is 1.31 bits per heavy atom. The molecule has 0 unspecified atom stereocenters. The summed E-state index contributed by atoms with van der Waals surface area (Å²) >= 11 is 1.54. The van der Waals surface area contributed by atoms with Gasteiger partial charge in [-0.25, -0.2) is 12.8 Å². The normalized spacial score (nSPS) is 18.6. The molecule has 5 nitrogen and oxygen atoms in total. The standard InChI is InChI=1S/C18H20FNO4S2/c1-13-6-8-25-17(13)10-20(15-7-9-26(22,23)12-15)18(21)11-24-16-4-2-14(19)3-5-16/h2-6,8,15H,7,9-12H2,1H3/t15-/m0/s1. The second-order valence-electron chi connectivity index (χ2n) is 6.35. The highest BCUT2D eigenvalue weighted by Gasteiger charge is 2.35. The van der Waals surface area contributed by atoms with Crippen molar-refractivity contribution in [2.45, 2.75) is 25.9 Å². The quantitative estimate of drug-likeness (QED) is 0.752. The summed E-state index contributed by atoms with van der Waals surface area (Å²) in [6.45, 7) is 2.12. The maximum Gasteiger partial charge on any atom is 0.261 e. The first-order valence-corrected chi connectivity index (χ1v) is 11.0. The van der Waals surface area contributed by atoms with Crippen LogP contribution >= 0.6 is 11.3 Å². The van der Waals surface area contributed by atoms with Gasteiger partial charge in [0.25, 0.3) is 5.91 Å². The van der Waals surface area contributed by atoms with E-state index in [1.54, 1.807) is 16.2 Å². The lowest BCUT2D eigenvalue weighted by Gasteiger charge is -2.28. The molecule has 2 heterocycles. The van der Waals surface area contributed by atoms with Gasteiger partial charge in [-0.3, -0.25) is 4.79 Å². The van der Waals surface area contributed by atoms with Gasteiger partial charge in [0.15, 0.2) is 16.4 Å². The molecular weight excluding hydrogens is 377 g/mol. The lowest BCUT2D eigenvalue weighted by atomic mass is 10.2. The largest absolute Gasteiger partial charge is 0.484 e. The van der Waals surface area contributed by atoms with Gasteiger partial charge >= 0.3 is 0 Å². The third-order valence-electron chi connectivity index (χ3n) is 4.43. The Balaban J connectivity index is 1.72. The van der Waals surface area contributed by atoms with Crippen LogP contribution in [0.2, 0.25) is 0 Å². The number of thiophene rings is 1. The molecular formula is C18H20FNO4S2. The van der Waals surface area contributed by atoms with Crippen molar-refractivity contribution in [3.8, 4) is 5.75 Å². The minimum absolute atomic E-state index is 0.0142. The molecule has 3 rings (SSSR count). The van der Waals surface area contributed by atoms with Crippen LogP contribution in [0.4, 0.5) is 4.39 Å². The Hall–Kier alpha value is -1.93. The van der Waals surface area contributed by atoms with Crippen LogP contribution in [0.1, 0.15) is 16.9 Å². The number of hydrogen-bond acceptors (Lipinski definition) is 5. The van der Waals surface area contributed by atoms with E-state index in [1.807, 2.05) is 18.4 Å². The van der Waals surface area contributed by atoms with Crippen molar-refractivity contribution in [2.75, 3.05) is 18.1 Å². The maximum atomic E-state index is 13.0. The first-order valence-electron chi connectivity index (χ1n) is 8.25. The molecule has 1 aliphatic heterocycles. The number of carbonyl (C=O) groups excluding carboxylic acids is 1. The van der Waals surface area contributed by atoms with E-state index in [0.717, 1.165) is 10.4 Å². The molecule has 0 N–H and O–H groups in total. The molecule has 0 saturated carbocycles. The summed E-state index contributed by atoms with van der Waals surface area (Å²) in [7, 11) is -3.11. The summed E-state index contributed by atoms with van der Waals surface area (Å²) < 4.78 is 42.1. The van der Waals surface area contributed by atoms with Crippen LogP contribution in [0.5, 0.6) is 5.75 Å². The number of carbonyl (C=O) groups is 1. The van der Waals surface area contributed by atoms with Crippen LogP contribution in [-0.2, 0) is 21.2 Å². The average Bonchev–Trinajstić information content (AvgIpc) is 3.16. The van der Waals surface area contributed by atoms with Crippen molar-refractivity contribution in [3.63, 3.8) is 0 Å². The molecule has 8 heteroatoms. The predicted molar refractivity (Wildman–Crippen MR) is 98.6 cm³/mol. The molecule has 1 saturated heterocycles. The molecule has 1 aromatic heterocycles. The molecule has 1 amide bonds. The van der Waals surface area contributed by atoms with Gasteiger partial charge in [0.2, 0.25) is 0 Å². The number of aryl methyl sites for hydroxylation is 1. The number of halogens is 1. The predicted octanol–water partition coefficient (Wildman–Crippen LogP) is 2.79. The minimum atomic E-state index is -3.11. The zero-order chi connectivity index (χ0) is 18.7. The van der Waals surface area contributed by atoms with Crippen molar-refractivity contribution in [2.24, 2.45) is 0 Å². The molecule has 1 fully saturated rings. The average molecular weight is 397 g/mol. The number of nitrogens with zero attached hydrogens (tertiary/aromatic N) is 1. The summed E-state index contributed by atoms with van der Waals surface area (Å²) in [6, 6.07) is 7.06. The van der Waals surface area contributed by atoms with Crippen LogP contribution in [0, 0.1) is 12.7 Å². The fourth-order valence-electron chi connectivity index (χ4n) is 2.92. The van der Waals surface area contributed by atoms with Crippen molar-refractivity contribution in [3.05, 3.63) is 52.0 Å². The third kappa shape index (κ3) is 4.62. The Morgan fingerprint density at radius 3 is 2.62 bits per heavy atom. The molecule has 1 aliphatic rings. The van der Waals surface area contributed by atoms with E-state index >= 15 is 0 Å². The van der Waals surface area contributed by atoms with Crippen LogP contribution in [0.3, 0.4) is 0 Å². The van der Waals surface area contributed by atoms with Crippen molar-refractivity contribution >= 4 is 27.1 Å². The number of amides is 1. The molecule has 1 aromatic carbocycles. The Bertz CT molecular complexity index is 877. The highest BCUT2D eigenvalue weighted by Crippen LogP contribution is 2.24. The summed E-state index contributed by atoms with van der Waals surface area (Å²) in [5.74, 6) is -0.173. The zero-order valence-electron chi connectivity index (χ0n) is 14.4. The summed E-state index contributed by atoms with van der Waals surface area (Å²) in [4.78, 5) is 15.4. The maximum absolute atomic E-state index is 13.0. The SMILES string of the molecule is Cc1ccsc1CN(C(=O)COc1ccc(F)cc1)[C@H]1CCS(=O)(=O)C1. The zero-order valence-corrected chi connectivity index (χ0v) is 16.0. The second-order valence-corrected chi connectivity index (χ2v) is 9.58. The summed E-state index contributed by atoms with van der Waals surface area (Å²) in [5, 5.41) is 1.95. The van der Waals surface area contributed by atoms with Crippen LogP contribution < -0.4 is 4.74 Å². The van der Waals surface area contributed by atoms with E-state index in [9.17, 15) is 17.6 Å². The lowest BCUT2D eigenvalue weighted by molar-refractivity contribution is -0.135. The number of sulfone groups is 1. The van der Waals surface area contributed by atoms with Crippen LogP contribution in [0.25, 0.3) is 0 Å². The van der Waals surface area contributed by atoms with Crippen molar-refractivity contribution in [1.29, 1.82) is 0 Å².